The third-order valence-corrected chi connectivity index (χ3v) is 7.13. The van der Waals surface area contributed by atoms with E-state index in [9.17, 15) is 0 Å². The van der Waals surface area contributed by atoms with Crippen LogP contribution in [0.2, 0.25) is 0 Å². The molecule has 7 heteroatoms. The van der Waals surface area contributed by atoms with Crippen molar-refractivity contribution in [2.24, 2.45) is 0 Å². The molecule has 0 atom stereocenters. The van der Waals surface area contributed by atoms with Gasteiger partial charge in [0, 0.05) is 22.3 Å². The molecule has 0 unspecified atom stereocenters. The van der Waals surface area contributed by atoms with Gasteiger partial charge in [0.05, 0.1) is 11.0 Å². The van der Waals surface area contributed by atoms with Gasteiger partial charge in [-0.1, -0.05) is 97.1 Å². The van der Waals surface area contributed by atoms with E-state index < -0.39 is 0 Å². The van der Waals surface area contributed by atoms with E-state index in [0.717, 1.165) is 50.2 Å². The predicted octanol–water partition coefficient (Wildman–Crippen LogP) is 8.02. The summed E-state index contributed by atoms with van der Waals surface area (Å²) in [5.41, 5.74) is 6.96. The van der Waals surface area contributed by atoms with Crippen molar-refractivity contribution in [2.75, 3.05) is 0 Å². The zero-order valence-electron chi connectivity index (χ0n) is 22.3. The van der Waals surface area contributed by atoms with Crippen molar-refractivity contribution < 1.29 is 4.42 Å². The van der Waals surface area contributed by atoms with Gasteiger partial charge in [0.25, 0.3) is 0 Å². The second-order valence-electron chi connectivity index (χ2n) is 9.84. The molecule has 0 aliphatic carbocycles. The Morgan fingerprint density at radius 1 is 0.429 bits per heavy atom. The molecule has 8 rings (SSSR count). The second kappa shape index (κ2) is 9.91. The Balaban J connectivity index is 1.30. The Bertz CT molecular complexity index is 2150. The first-order valence-electron chi connectivity index (χ1n) is 13.6. The lowest BCUT2D eigenvalue weighted by Crippen LogP contribution is -2.07. The topological polar surface area (TPSA) is 82.5 Å². The number of hydrogen-bond acceptors (Lipinski definition) is 6. The van der Waals surface area contributed by atoms with E-state index in [2.05, 4.69) is 4.98 Å². The van der Waals surface area contributed by atoms with Crippen LogP contribution in [-0.2, 0) is 0 Å². The number of aromatic nitrogens is 6. The highest BCUT2D eigenvalue weighted by Gasteiger charge is 2.19. The Labute approximate surface area is 240 Å². The Morgan fingerprint density at radius 2 is 1.00 bits per heavy atom. The summed E-state index contributed by atoms with van der Waals surface area (Å²) in [5.74, 6) is 2.96. The summed E-state index contributed by atoms with van der Waals surface area (Å²) in [6.45, 7) is 0. The molecule has 0 N–H and O–H groups in total. The normalized spacial score (nSPS) is 11.3. The van der Waals surface area contributed by atoms with Gasteiger partial charge >= 0.3 is 0 Å². The van der Waals surface area contributed by atoms with E-state index in [1.54, 1.807) is 0 Å². The molecule has 0 saturated heterocycles. The molecule has 0 aliphatic rings. The molecular weight excluding hydrogens is 520 g/mol. The molecule has 0 saturated carbocycles. The maximum Gasteiger partial charge on any atom is 0.240 e. The van der Waals surface area contributed by atoms with Crippen molar-refractivity contribution in [3.05, 3.63) is 133 Å². The van der Waals surface area contributed by atoms with Gasteiger partial charge < -0.3 is 4.42 Å². The number of nitrogens with zero attached hydrogens (tertiary/aromatic N) is 6. The lowest BCUT2D eigenvalue weighted by molar-refractivity contribution is 0.620. The largest absolute Gasteiger partial charge is 0.436 e. The SMILES string of the molecule is c1ccc(-c2nc(-c3ccc(-c4nc5ccccc5o4)cc3)nc(-n3c(-c4ccccc4)nc4ccccc43)n2)cc1. The summed E-state index contributed by atoms with van der Waals surface area (Å²) in [5, 5.41) is 0. The average molecular weight is 543 g/mol. The van der Waals surface area contributed by atoms with Crippen molar-refractivity contribution in [2.45, 2.75) is 0 Å². The molecule has 5 aromatic carbocycles. The molecule has 198 valence electrons. The fraction of sp³-hybridized carbons (Fsp3) is 0. The third-order valence-electron chi connectivity index (χ3n) is 7.13. The molecule has 0 bridgehead atoms. The first kappa shape index (κ1) is 23.9. The lowest BCUT2D eigenvalue weighted by atomic mass is 10.1. The van der Waals surface area contributed by atoms with E-state index in [4.69, 9.17) is 24.4 Å². The van der Waals surface area contributed by atoms with Crippen LogP contribution in [0.15, 0.2) is 138 Å². The predicted molar refractivity (Wildman–Crippen MR) is 164 cm³/mol. The van der Waals surface area contributed by atoms with Crippen LogP contribution in [0.25, 0.3) is 73.7 Å². The van der Waals surface area contributed by atoms with Gasteiger partial charge in [0.2, 0.25) is 11.8 Å². The Morgan fingerprint density at radius 3 is 1.71 bits per heavy atom. The number of hydrogen-bond donors (Lipinski definition) is 0. The Kier molecular flexibility index (Phi) is 5.64. The standard InChI is InChI=1S/C35H22N6O/c1-3-11-23(12-4-1)31-38-32(24-19-21-26(22-20-24)34-37-28-16-8-10-18-30(28)42-34)40-35(39-31)41-29-17-9-7-15-27(29)36-33(41)25-13-5-2-6-14-25/h1-22H. The molecular formula is C35H22N6O. The van der Waals surface area contributed by atoms with Gasteiger partial charge in [-0.2, -0.15) is 9.97 Å². The first-order valence-corrected chi connectivity index (χ1v) is 13.6. The monoisotopic (exact) mass is 542 g/mol. The van der Waals surface area contributed by atoms with Crippen molar-refractivity contribution in [1.82, 2.24) is 29.5 Å². The fourth-order valence-electron chi connectivity index (χ4n) is 5.08. The van der Waals surface area contributed by atoms with Gasteiger partial charge in [0.15, 0.2) is 17.2 Å². The molecule has 0 fully saturated rings. The van der Waals surface area contributed by atoms with Crippen LogP contribution in [0.1, 0.15) is 0 Å². The quantitative estimate of drug-likeness (QED) is 0.219. The maximum atomic E-state index is 5.98. The Hall–Kier alpha value is -5.95. The van der Waals surface area contributed by atoms with E-state index in [-0.39, 0.29) is 0 Å². The summed E-state index contributed by atoms with van der Waals surface area (Å²) < 4.78 is 7.99. The van der Waals surface area contributed by atoms with Crippen molar-refractivity contribution >= 4 is 22.1 Å². The minimum absolute atomic E-state index is 0.495. The van der Waals surface area contributed by atoms with Crippen LogP contribution in [0.4, 0.5) is 0 Å². The van der Waals surface area contributed by atoms with Crippen LogP contribution in [0.5, 0.6) is 0 Å². The molecule has 3 aromatic heterocycles. The van der Waals surface area contributed by atoms with Crippen molar-refractivity contribution in [3.8, 4) is 51.6 Å². The first-order chi connectivity index (χ1) is 20.8. The molecule has 3 heterocycles. The van der Waals surface area contributed by atoms with Gasteiger partial charge in [-0.15, -0.1) is 0 Å². The molecule has 0 amide bonds. The number of oxazole rings is 1. The summed E-state index contributed by atoms with van der Waals surface area (Å²) in [7, 11) is 0. The van der Waals surface area contributed by atoms with Gasteiger partial charge in [-0.05, 0) is 36.4 Å². The minimum atomic E-state index is 0.495. The summed E-state index contributed by atoms with van der Waals surface area (Å²) in [4.78, 5) is 24.5. The van der Waals surface area contributed by atoms with Gasteiger partial charge in [-0.3, -0.25) is 4.57 Å². The van der Waals surface area contributed by atoms with Crippen LogP contribution in [-0.4, -0.2) is 29.5 Å². The minimum Gasteiger partial charge on any atom is -0.436 e. The number of benzene rings is 5. The summed E-state index contributed by atoms with van der Waals surface area (Å²) >= 11 is 0. The van der Waals surface area contributed by atoms with Crippen LogP contribution in [0.3, 0.4) is 0 Å². The number of rotatable bonds is 5. The highest BCUT2D eigenvalue weighted by Crippen LogP contribution is 2.31. The number of imidazole rings is 1. The molecule has 7 nitrogen and oxygen atoms in total. The van der Waals surface area contributed by atoms with E-state index in [1.807, 2.05) is 138 Å². The molecule has 0 aliphatic heterocycles. The van der Waals surface area contributed by atoms with Crippen LogP contribution in [0, 0.1) is 0 Å². The van der Waals surface area contributed by atoms with E-state index >= 15 is 0 Å². The highest BCUT2D eigenvalue weighted by atomic mass is 16.3. The van der Waals surface area contributed by atoms with Gasteiger partial charge in [-0.25, -0.2) is 15.0 Å². The number of para-hydroxylation sites is 4. The zero-order chi connectivity index (χ0) is 27.9. The molecule has 8 aromatic rings. The number of fused-ring (bicyclic) bond motifs is 2. The maximum absolute atomic E-state index is 5.98. The molecule has 42 heavy (non-hydrogen) atoms. The average Bonchev–Trinajstić information content (AvgIpc) is 3.68. The van der Waals surface area contributed by atoms with E-state index in [0.29, 0.717) is 23.5 Å². The smallest absolute Gasteiger partial charge is 0.240 e. The summed E-state index contributed by atoms with van der Waals surface area (Å²) in [6.07, 6.45) is 0. The fourth-order valence-corrected chi connectivity index (χ4v) is 5.08. The van der Waals surface area contributed by atoms with Crippen LogP contribution < -0.4 is 0 Å². The lowest BCUT2D eigenvalue weighted by Gasteiger charge is -2.12. The third kappa shape index (κ3) is 4.20. The van der Waals surface area contributed by atoms with Crippen LogP contribution >= 0.6 is 0 Å². The summed E-state index contributed by atoms with van der Waals surface area (Å²) in [6, 6.07) is 43.8. The zero-order valence-corrected chi connectivity index (χ0v) is 22.3. The molecule has 0 spiro atoms. The van der Waals surface area contributed by atoms with E-state index in [1.165, 1.54) is 0 Å². The molecule has 0 radical (unpaired) electrons. The highest BCUT2D eigenvalue weighted by molar-refractivity contribution is 5.83. The second-order valence-corrected chi connectivity index (χ2v) is 9.84. The van der Waals surface area contributed by atoms with Crippen molar-refractivity contribution in [1.29, 1.82) is 0 Å². The van der Waals surface area contributed by atoms with Crippen molar-refractivity contribution in [3.63, 3.8) is 0 Å². The van der Waals surface area contributed by atoms with Gasteiger partial charge in [0.1, 0.15) is 11.3 Å².